The SMILES string of the molecule is CCCC(NC(=O)NCC1(CCC)CC1)C(=O)O. The van der Waals surface area contributed by atoms with Crippen molar-refractivity contribution in [2.75, 3.05) is 6.54 Å². The number of rotatable bonds is 8. The van der Waals surface area contributed by atoms with Crippen LogP contribution in [-0.4, -0.2) is 29.7 Å². The van der Waals surface area contributed by atoms with E-state index in [2.05, 4.69) is 17.6 Å². The van der Waals surface area contributed by atoms with Crippen LogP contribution in [0.25, 0.3) is 0 Å². The summed E-state index contributed by atoms with van der Waals surface area (Å²) in [6.45, 7) is 4.70. The Morgan fingerprint density at radius 1 is 1.28 bits per heavy atom. The van der Waals surface area contributed by atoms with Gasteiger partial charge in [-0.2, -0.15) is 0 Å². The van der Waals surface area contributed by atoms with Crippen molar-refractivity contribution in [2.45, 2.75) is 58.4 Å². The largest absolute Gasteiger partial charge is 0.480 e. The molecule has 1 atom stereocenters. The lowest BCUT2D eigenvalue weighted by Crippen LogP contribution is -2.47. The third kappa shape index (κ3) is 4.55. The number of carbonyl (C=O) groups excluding carboxylic acids is 1. The van der Waals surface area contributed by atoms with E-state index in [0.29, 0.717) is 13.0 Å². The third-order valence-corrected chi connectivity index (χ3v) is 3.54. The number of carboxylic acid groups (broad SMARTS) is 1. The second-order valence-corrected chi connectivity index (χ2v) is 5.26. The molecule has 0 saturated heterocycles. The summed E-state index contributed by atoms with van der Waals surface area (Å²) in [4.78, 5) is 22.5. The van der Waals surface area contributed by atoms with Crippen molar-refractivity contribution in [2.24, 2.45) is 5.41 Å². The molecule has 3 N–H and O–H groups in total. The van der Waals surface area contributed by atoms with Crippen LogP contribution in [-0.2, 0) is 4.79 Å². The number of nitrogens with one attached hydrogen (secondary N) is 2. The van der Waals surface area contributed by atoms with Crippen LogP contribution in [0.2, 0.25) is 0 Å². The third-order valence-electron chi connectivity index (χ3n) is 3.54. The Kier molecular flexibility index (Phi) is 5.44. The number of amides is 2. The molecule has 0 aromatic carbocycles. The zero-order valence-corrected chi connectivity index (χ0v) is 11.3. The van der Waals surface area contributed by atoms with Gasteiger partial charge in [-0.05, 0) is 31.1 Å². The molecule has 0 heterocycles. The first-order chi connectivity index (χ1) is 8.53. The summed E-state index contributed by atoms with van der Waals surface area (Å²) in [5.41, 5.74) is 0.287. The predicted octanol–water partition coefficient (Wildman–Crippen LogP) is 2.12. The molecule has 0 aromatic rings. The molecule has 104 valence electrons. The lowest BCUT2D eigenvalue weighted by molar-refractivity contribution is -0.139. The molecule has 1 fully saturated rings. The van der Waals surface area contributed by atoms with Crippen LogP contribution in [0.15, 0.2) is 0 Å². The smallest absolute Gasteiger partial charge is 0.326 e. The Hall–Kier alpha value is -1.26. The van der Waals surface area contributed by atoms with E-state index in [0.717, 1.165) is 19.3 Å². The molecule has 1 saturated carbocycles. The van der Waals surface area contributed by atoms with E-state index in [-0.39, 0.29) is 11.4 Å². The van der Waals surface area contributed by atoms with Crippen LogP contribution in [0.4, 0.5) is 4.79 Å². The van der Waals surface area contributed by atoms with Gasteiger partial charge in [0.05, 0.1) is 0 Å². The molecule has 0 aromatic heterocycles. The standard InChI is InChI=1S/C13H24N2O3/c1-3-5-10(11(16)17)15-12(18)14-9-13(6-4-2)7-8-13/h10H,3-9H2,1-2H3,(H,16,17)(H2,14,15,18). The molecule has 0 spiro atoms. The van der Waals surface area contributed by atoms with Crippen molar-refractivity contribution in [1.29, 1.82) is 0 Å². The van der Waals surface area contributed by atoms with Crippen molar-refractivity contribution in [3.05, 3.63) is 0 Å². The number of aliphatic carboxylic acids is 1. The number of urea groups is 1. The highest BCUT2D eigenvalue weighted by molar-refractivity contribution is 5.82. The Labute approximate surface area is 108 Å². The fourth-order valence-electron chi connectivity index (χ4n) is 2.25. The van der Waals surface area contributed by atoms with Crippen LogP contribution in [0.3, 0.4) is 0 Å². The van der Waals surface area contributed by atoms with Gasteiger partial charge in [-0.3, -0.25) is 0 Å². The molecule has 1 aliphatic carbocycles. The summed E-state index contributed by atoms with van der Waals surface area (Å²) in [5.74, 6) is -0.971. The van der Waals surface area contributed by atoms with Crippen LogP contribution in [0.1, 0.15) is 52.4 Å². The maximum atomic E-state index is 11.6. The lowest BCUT2D eigenvalue weighted by Gasteiger charge is -2.18. The molecule has 0 aliphatic heterocycles. The van der Waals surface area contributed by atoms with E-state index in [1.54, 1.807) is 0 Å². The molecule has 5 nitrogen and oxygen atoms in total. The highest BCUT2D eigenvalue weighted by Crippen LogP contribution is 2.48. The van der Waals surface area contributed by atoms with Gasteiger partial charge in [0, 0.05) is 6.54 Å². The van der Waals surface area contributed by atoms with E-state index < -0.39 is 12.0 Å². The Balaban J connectivity index is 2.30. The first kappa shape index (κ1) is 14.8. The Bertz CT molecular complexity index is 301. The first-order valence-corrected chi connectivity index (χ1v) is 6.80. The summed E-state index contributed by atoms with van der Waals surface area (Å²) in [6, 6.07) is -1.14. The van der Waals surface area contributed by atoms with Gasteiger partial charge in [0.25, 0.3) is 0 Å². The van der Waals surface area contributed by atoms with E-state index in [9.17, 15) is 9.59 Å². The molecule has 1 aliphatic rings. The van der Waals surface area contributed by atoms with Crippen molar-refractivity contribution in [1.82, 2.24) is 10.6 Å². The normalized spacial score (nSPS) is 17.9. The molecule has 2 amide bonds. The van der Waals surface area contributed by atoms with Crippen LogP contribution >= 0.6 is 0 Å². The fraction of sp³-hybridized carbons (Fsp3) is 0.846. The molecule has 1 rings (SSSR count). The van der Waals surface area contributed by atoms with Crippen molar-refractivity contribution >= 4 is 12.0 Å². The van der Waals surface area contributed by atoms with Gasteiger partial charge in [0.2, 0.25) is 0 Å². The minimum atomic E-state index is -0.971. The number of hydrogen-bond donors (Lipinski definition) is 3. The number of hydrogen-bond acceptors (Lipinski definition) is 2. The van der Waals surface area contributed by atoms with Crippen molar-refractivity contribution in [3.63, 3.8) is 0 Å². The van der Waals surface area contributed by atoms with E-state index in [1.807, 2.05) is 6.92 Å². The molecule has 5 heteroatoms. The van der Waals surface area contributed by atoms with Crippen LogP contribution < -0.4 is 10.6 Å². The number of carboxylic acids is 1. The minimum absolute atomic E-state index is 0.287. The molecular weight excluding hydrogens is 232 g/mol. The van der Waals surface area contributed by atoms with Crippen LogP contribution in [0, 0.1) is 5.41 Å². The summed E-state index contributed by atoms with van der Waals surface area (Å²) < 4.78 is 0. The van der Waals surface area contributed by atoms with Crippen LogP contribution in [0.5, 0.6) is 0 Å². The molecule has 18 heavy (non-hydrogen) atoms. The van der Waals surface area contributed by atoms with Crippen molar-refractivity contribution < 1.29 is 14.7 Å². The monoisotopic (exact) mass is 256 g/mol. The average Bonchev–Trinajstić information content (AvgIpc) is 3.07. The highest BCUT2D eigenvalue weighted by atomic mass is 16.4. The zero-order valence-electron chi connectivity index (χ0n) is 11.3. The molecule has 1 unspecified atom stereocenters. The van der Waals surface area contributed by atoms with E-state index in [1.165, 1.54) is 12.8 Å². The molecule has 0 bridgehead atoms. The van der Waals surface area contributed by atoms with Gasteiger partial charge in [0.15, 0.2) is 0 Å². The average molecular weight is 256 g/mol. The van der Waals surface area contributed by atoms with Gasteiger partial charge in [-0.15, -0.1) is 0 Å². The summed E-state index contributed by atoms with van der Waals surface area (Å²) >= 11 is 0. The van der Waals surface area contributed by atoms with E-state index in [4.69, 9.17) is 5.11 Å². The zero-order chi connectivity index (χ0) is 13.6. The van der Waals surface area contributed by atoms with Gasteiger partial charge in [-0.25, -0.2) is 9.59 Å². The Morgan fingerprint density at radius 3 is 2.39 bits per heavy atom. The van der Waals surface area contributed by atoms with Gasteiger partial charge < -0.3 is 15.7 Å². The summed E-state index contributed by atoms with van der Waals surface area (Å²) in [6.07, 6.45) is 5.78. The van der Waals surface area contributed by atoms with E-state index >= 15 is 0 Å². The van der Waals surface area contributed by atoms with Gasteiger partial charge >= 0.3 is 12.0 Å². The Morgan fingerprint density at radius 2 is 1.94 bits per heavy atom. The number of carbonyl (C=O) groups is 2. The second kappa shape index (κ2) is 6.61. The van der Waals surface area contributed by atoms with Crippen molar-refractivity contribution in [3.8, 4) is 0 Å². The quantitative estimate of drug-likeness (QED) is 0.622. The predicted molar refractivity (Wildman–Crippen MR) is 69.4 cm³/mol. The second-order valence-electron chi connectivity index (χ2n) is 5.26. The molecule has 0 radical (unpaired) electrons. The fourth-order valence-corrected chi connectivity index (χ4v) is 2.25. The summed E-state index contributed by atoms with van der Waals surface area (Å²) in [5, 5.41) is 14.2. The first-order valence-electron chi connectivity index (χ1n) is 6.80. The van der Waals surface area contributed by atoms with Gasteiger partial charge in [-0.1, -0.05) is 26.7 Å². The topological polar surface area (TPSA) is 78.4 Å². The van der Waals surface area contributed by atoms with Gasteiger partial charge in [0.1, 0.15) is 6.04 Å². The minimum Gasteiger partial charge on any atom is -0.480 e. The lowest BCUT2D eigenvalue weighted by atomic mass is 10.0. The maximum Gasteiger partial charge on any atom is 0.326 e. The maximum absolute atomic E-state index is 11.6. The summed E-state index contributed by atoms with van der Waals surface area (Å²) in [7, 11) is 0. The highest BCUT2D eigenvalue weighted by Gasteiger charge is 2.41. The molecular formula is C13H24N2O3.